The fourth-order valence-electron chi connectivity index (χ4n) is 2.87. The maximum atomic E-state index is 12.6. The molecule has 1 aliphatic rings. The Balaban J connectivity index is 1.63. The van der Waals surface area contributed by atoms with Crippen molar-refractivity contribution in [2.45, 2.75) is 19.9 Å². The lowest BCUT2D eigenvalue weighted by atomic mass is 10.0. The summed E-state index contributed by atoms with van der Waals surface area (Å²) < 4.78 is 10.2. The van der Waals surface area contributed by atoms with Gasteiger partial charge in [0.2, 0.25) is 5.91 Å². The van der Waals surface area contributed by atoms with E-state index in [-0.39, 0.29) is 24.1 Å². The van der Waals surface area contributed by atoms with Crippen LogP contribution in [0, 0.1) is 5.92 Å². The minimum Gasteiger partial charge on any atom is -0.459 e. The minimum atomic E-state index is -0.961. The van der Waals surface area contributed by atoms with Crippen LogP contribution in [0.25, 0.3) is 0 Å². The van der Waals surface area contributed by atoms with Crippen LogP contribution in [-0.4, -0.2) is 42.9 Å². The van der Waals surface area contributed by atoms with Gasteiger partial charge in [-0.3, -0.25) is 19.3 Å². The van der Waals surface area contributed by atoms with Crippen LogP contribution < -0.4 is 15.5 Å². The van der Waals surface area contributed by atoms with Gasteiger partial charge in [-0.05, 0) is 30.2 Å². The van der Waals surface area contributed by atoms with E-state index in [4.69, 9.17) is 9.15 Å². The molecule has 0 radical (unpaired) electrons. The topological polar surface area (TPSA) is 118 Å². The Morgan fingerprint density at radius 2 is 1.97 bits per heavy atom. The van der Waals surface area contributed by atoms with Gasteiger partial charge in [-0.1, -0.05) is 26.0 Å². The number of benzene rings is 1. The Morgan fingerprint density at radius 3 is 2.66 bits per heavy atom. The zero-order chi connectivity index (χ0) is 21.0. The van der Waals surface area contributed by atoms with Gasteiger partial charge in [0.25, 0.3) is 11.8 Å². The minimum absolute atomic E-state index is 0.0652. The van der Waals surface area contributed by atoms with E-state index in [1.165, 1.54) is 17.2 Å². The summed E-state index contributed by atoms with van der Waals surface area (Å²) in [6, 6.07) is 8.91. The Morgan fingerprint density at radius 1 is 1.21 bits per heavy atom. The second kappa shape index (κ2) is 8.59. The molecule has 2 heterocycles. The summed E-state index contributed by atoms with van der Waals surface area (Å²) in [5.41, 5.74) is 1.04. The number of rotatable bonds is 6. The van der Waals surface area contributed by atoms with Gasteiger partial charge in [-0.15, -0.1) is 0 Å². The molecule has 1 aliphatic heterocycles. The molecule has 9 nitrogen and oxygen atoms in total. The summed E-state index contributed by atoms with van der Waals surface area (Å²) in [5.74, 6) is -2.40. The largest absolute Gasteiger partial charge is 0.459 e. The highest BCUT2D eigenvalue weighted by Gasteiger charge is 2.30. The molecular weight excluding hydrogens is 378 g/mol. The van der Waals surface area contributed by atoms with Crippen molar-refractivity contribution in [3.05, 3.63) is 48.4 Å². The Hall–Kier alpha value is -3.62. The number of para-hydroxylation sites is 2. The monoisotopic (exact) mass is 399 g/mol. The van der Waals surface area contributed by atoms with Gasteiger partial charge in [0.15, 0.2) is 12.4 Å². The molecule has 0 fully saturated rings. The molecule has 1 aromatic heterocycles. The zero-order valence-electron chi connectivity index (χ0n) is 16.0. The Bertz CT molecular complexity index is 922. The van der Waals surface area contributed by atoms with E-state index in [0.29, 0.717) is 11.4 Å². The average Bonchev–Trinajstić information content (AvgIpc) is 3.23. The molecule has 3 amide bonds. The van der Waals surface area contributed by atoms with Crippen molar-refractivity contribution in [1.29, 1.82) is 0 Å². The number of fused-ring (bicyclic) bond motifs is 1. The van der Waals surface area contributed by atoms with Crippen molar-refractivity contribution in [3.8, 4) is 0 Å². The molecule has 1 aromatic carbocycles. The van der Waals surface area contributed by atoms with Gasteiger partial charge < -0.3 is 19.8 Å². The fourth-order valence-corrected chi connectivity index (χ4v) is 2.87. The lowest BCUT2D eigenvalue weighted by molar-refractivity contribution is -0.150. The first-order chi connectivity index (χ1) is 13.9. The standard InChI is InChI=1S/C20H21N3O6/c1-12(2)18(22-19(26)15-8-5-9-28-15)20(27)29-11-17(25)23-10-16(24)21-13-6-3-4-7-14(13)23/h3-9,12,18H,10-11H2,1-2H3,(H,21,24)(H,22,26)/t18-/m1/s1. The van der Waals surface area contributed by atoms with Gasteiger partial charge in [-0.25, -0.2) is 4.79 Å². The first kappa shape index (κ1) is 20.1. The molecule has 1 atom stereocenters. The second-order valence-electron chi connectivity index (χ2n) is 6.83. The average molecular weight is 399 g/mol. The van der Waals surface area contributed by atoms with Crippen LogP contribution in [0.1, 0.15) is 24.4 Å². The van der Waals surface area contributed by atoms with Gasteiger partial charge in [0.1, 0.15) is 12.6 Å². The molecule has 0 spiro atoms. The van der Waals surface area contributed by atoms with Gasteiger partial charge in [-0.2, -0.15) is 0 Å². The predicted octanol–water partition coefficient (Wildman–Crippen LogP) is 1.56. The van der Waals surface area contributed by atoms with E-state index in [9.17, 15) is 19.2 Å². The van der Waals surface area contributed by atoms with Gasteiger partial charge >= 0.3 is 5.97 Å². The number of furan rings is 1. The van der Waals surface area contributed by atoms with Crippen LogP contribution in [0.3, 0.4) is 0 Å². The normalized spacial score (nSPS) is 14.0. The third kappa shape index (κ3) is 4.63. The first-order valence-electron chi connectivity index (χ1n) is 9.07. The van der Waals surface area contributed by atoms with Crippen LogP contribution in [-0.2, 0) is 19.1 Å². The SMILES string of the molecule is CC(C)[C@@H](NC(=O)c1ccco1)C(=O)OCC(=O)N1CC(=O)Nc2ccccc21. The maximum absolute atomic E-state index is 12.6. The predicted molar refractivity (Wildman–Crippen MR) is 103 cm³/mol. The van der Waals surface area contributed by atoms with Crippen LogP contribution in [0.4, 0.5) is 11.4 Å². The molecule has 0 bridgehead atoms. The highest BCUT2D eigenvalue weighted by Crippen LogP contribution is 2.28. The number of hydrogen-bond acceptors (Lipinski definition) is 6. The summed E-state index contributed by atoms with van der Waals surface area (Å²) in [7, 11) is 0. The van der Waals surface area contributed by atoms with Gasteiger partial charge in [0.05, 0.1) is 17.6 Å². The number of nitrogens with one attached hydrogen (secondary N) is 2. The van der Waals surface area contributed by atoms with E-state index in [0.717, 1.165) is 0 Å². The summed E-state index contributed by atoms with van der Waals surface area (Å²) in [4.78, 5) is 50.3. The maximum Gasteiger partial charge on any atom is 0.329 e. The lowest BCUT2D eigenvalue weighted by Crippen LogP contribution is -2.47. The van der Waals surface area contributed by atoms with Crippen molar-refractivity contribution in [3.63, 3.8) is 0 Å². The van der Waals surface area contributed by atoms with Crippen molar-refractivity contribution < 1.29 is 28.3 Å². The van der Waals surface area contributed by atoms with Crippen LogP contribution in [0.5, 0.6) is 0 Å². The van der Waals surface area contributed by atoms with E-state index >= 15 is 0 Å². The molecule has 152 valence electrons. The van der Waals surface area contributed by atoms with Crippen LogP contribution in [0.2, 0.25) is 0 Å². The molecule has 2 aromatic rings. The molecule has 0 saturated carbocycles. The highest BCUT2D eigenvalue weighted by atomic mass is 16.5. The van der Waals surface area contributed by atoms with E-state index in [1.54, 1.807) is 44.2 Å². The Labute approximate surface area is 167 Å². The van der Waals surface area contributed by atoms with Crippen molar-refractivity contribution in [2.24, 2.45) is 5.92 Å². The fraction of sp³-hybridized carbons (Fsp3) is 0.300. The highest BCUT2D eigenvalue weighted by molar-refractivity contribution is 6.10. The number of nitrogens with zero attached hydrogens (tertiary/aromatic N) is 1. The number of amides is 3. The lowest BCUT2D eigenvalue weighted by Gasteiger charge is -2.29. The van der Waals surface area contributed by atoms with E-state index in [2.05, 4.69) is 10.6 Å². The number of esters is 1. The van der Waals surface area contributed by atoms with Crippen LogP contribution >= 0.6 is 0 Å². The molecule has 0 unspecified atom stereocenters. The number of ether oxygens (including phenoxy) is 1. The quantitative estimate of drug-likeness (QED) is 0.712. The Kier molecular flexibility index (Phi) is 5.96. The molecule has 9 heteroatoms. The van der Waals surface area contributed by atoms with Crippen molar-refractivity contribution in [2.75, 3.05) is 23.4 Å². The summed E-state index contributed by atoms with van der Waals surface area (Å²) >= 11 is 0. The third-order valence-corrected chi connectivity index (χ3v) is 4.36. The summed E-state index contributed by atoms with van der Waals surface area (Å²) in [6.07, 6.45) is 1.35. The molecule has 0 aliphatic carbocycles. The third-order valence-electron chi connectivity index (χ3n) is 4.36. The summed E-state index contributed by atoms with van der Waals surface area (Å²) in [6.45, 7) is 2.75. The van der Waals surface area contributed by atoms with E-state index < -0.39 is 30.4 Å². The zero-order valence-corrected chi connectivity index (χ0v) is 16.0. The van der Waals surface area contributed by atoms with Gasteiger partial charge in [0, 0.05) is 0 Å². The van der Waals surface area contributed by atoms with Crippen LogP contribution in [0.15, 0.2) is 47.1 Å². The second-order valence-corrected chi connectivity index (χ2v) is 6.83. The molecular formula is C20H21N3O6. The number of carbonyl (C=O) groups is 4. The van der Waals surface area contributed by atoms with Crippen molar-refractivity contribution in [1.82, 2.24) is 5.32 Å². The smallest absolute Gasteiger partial charge is 0.329 e. The molecule has 3 rings (SSSR count). The number of carbonyl (C=O) groups excluding carboxylic acids is 4. The van der Waals surface area contributed by atoms with Crippen molar-refractivity contribution >= 4 is 35.1 Å². The number of anilines is 2. The molecule has 2 N–H and O–H groups in total. The van der Waals surface area contributed by atoms with E-state index in [1.807, 2.05) is 0 Å². The molecule has 0 saturated heterocycles. The number of hydrogen-bond donors (Lipinski definition) is 2. The summed E-state index contributed by atoms with van der Waals surface area (Å²) in [5, 5.41) is 5.23. The first-order valence-corrected chi connectivity index (χ1v) is 9.07. The molecule has 29 heavy (non-hydrogen) atoms.